The molecule has 0 radical (unpaired) electrons. The average molecular weight is 378 g/mol. The molecule has 0 atom stereocenters. The van der Waals surface area contributed by atoms with Crippen LogP contribution in [0.25, 0.3) is 16.8 Å². The highest BCUT2D eigenvalue weighted by Crippen LogP contribution is 2.27. The van der Waals surface area contributed by atoms with Crippen LogP contribution in [0.2, 0.25) is 0 Å². The predicted octanol–water partition coefficient (Wildman–Crippen LogP) is 3.73. The summed E-state index contributed by atoms with van der Waals surface area (Å²) in [7, 11) is 3.06. The molecule has 3 heterocycles. The Morgan fingerprint density at radius 1 is 1.04 bits per heavy atom. The maximum Gasteiger partial charge on any atom is 0.250 e. The maximum atomic E-state index is 14.1. The van der Waals surface area contributed by atoms with Gasteiger partial charge in [0.15, 0.2) is 11.5 Å². The zero-order valence-corrected chi connectivity index (χ0v) is 15.6. The van der Waals surface area contributed by atoms with Crippen LogP contribution in [0.3, 0.4) is 0 Å². The molecule has 0 aliphatic heterocycles. The summed E-state index contributed by atoms with van der Waals surface area (Å²) in [5, 5.41) is 8.27. The Morgan fingerprint density at radius 2 is 1.89 bits per heavy atom. The number of hydrogen-bond donors (Lipinski definition) is 0. The largest absolute Gasteiger partial charge is 0.496 e. The molecule has 0 aliphatic rings. The summed E-state index contributed by atoms with van der Waals surface area (Å²) in [6.45, 7) is 0. The van der Waals surface area contributed by atoms with E-state index in [1.54, 1.807) is 19.6 Å². The fourth-order valence-corrected chi connectivity index (χ4v) is 3.29. The van der Waals surface area contributed by atoms with Gasteiger partial charge in [0.1, 0.15) is 12.1 Å². The van der Waals surface area contributed by atoms with E-state index in [9.17, 15) is 4.39 Å². The zero-order valence-electron chi connectivity index (χ0n) is 15.6. The van der Waals surface area contributed by atoms with Gasteiger partial charge in [-0.15, -0.1) is 10.2 Å². The molecule has 4 aromatic rings. The molecular formula is C21H19FN4O2. The van der Waals surface area contributed by atoms with Crippen LogP contribution in [0.15, 0.2) is 55.0 Å². The summed E-state index contributed by atoms with van der Waals surface area (Å²) in [5.41, 5.74) is 4.22. The maximum absolute atomic E-state index is 14.1. The SMILES string of the molecule is COc1ccccc1CCc1ccc(-c2cnc(OC)c(F)c2)c2nncn12. The van der Waals surface area contributed by atoms with E-state index in [1.807, 2.05) is 34.7 Å². The number of aromatic nitrogens is 4. The first-order chi connectivity index (χ1) is 13.7. The van der Waals surface area contributed by atoms with Crippen molar-refractivity contribution in [2.45, 2.75) is 12.8 Å². The lowest BCUT2D eigenvalue weighted by molar-refractivity contribution is 0.369. The molecule has 0 aliphatic carbocycles. The second-order valence-electron chi connectivity index (χ2n) is 6.29. The molecule has 0 fully saturated rings. The van der Waals surface area contributed by atoms with Gasteiger partial charge in [0.25, 0.3) is 0 Å². The van der Waals surface area contributed by atoms with Crippen molar-refractivity contribution in [3.8, 4) is 22.8 Å². The van der Waals surface area contributed by atoms with Gasteiger partial charge in [0, 0.05) is 23.0 Å². The number of aryl methyl sites for hydroxylation is 2. The minimum atomic E-state index is -0.516. The van der Waals surface area contributed by atoms with Gasteiger partial charge in [-0.3, -0.25) is 4.40 Å². The normalized spacial score (nSPS) is 11.0. The van der Waals surface area contributed by atoms with Gasteiger partial charge >= 0.3 is 0 Å². The molecule has 0 unspecified atom stereocenters. The smallest absolute Gasteiger partial charge is 0.250 e. The van der Waals surface area contributed by atoms with Crippen LogP contribution in [0, 0.1) is 5.82 Å². The molecule has 0 saturated heterocycles. The first-order valence-electron chi connectivity index (χ1n) is 8.84. The molecule has 0 bridgehead atoms. The summed E-state index contributed by atoms with van der Waals surface area (Å²) < 4.78 is 26.3. The molecule has 0 amide bonds. The number of hydrogen-bond acceptors (Lipinski definition) is 5. The standard InChI is InChI=1S/C21H19FN4O2/c1-27-19-6-4-3-5-14(19)7-8-16-9-10-17(20-25-24-13-26(16)20)15-11-18(22)21(28-2)23-12-15/h3-6,9-13H,7-8H2,1-2H3. The van der Waals surface area contributed by atoms with Crippen molar-refractivity contribution in [2.24, 2.45) is 0 Å². The van der Waals surface area contributed by atoms with E-state index < -0.39 is 5.82 Å². The number of benzene rings is 1. The Hall–Kier alpha value is -3.48. The molecule has 0 saturated carbocycles. The van der Waals surface area contributed by atoms with Crippen molar-refractivity contribution in [3.05, 3.63) is 72.1 Å². The highest BCUT2D eigenvalue weighted by Gasteiger charge is 2.13. The number of nitrogens with zero attached hydrogens (tertiary/aromatic N) is 4. The van der Waals surface area contributed by atoms with E-state index in [2.05, 4.69) is 21.2 Å². The lowest BCUT2D eigenvalue weighted by Crippen LogP contribution is -2.02. The first kappa shape index (κ1) is 17.9. The Bertz CT molecular complexity index is 1130. The molecular weight excluding hydrogens is 359 g/mol. The third-order valence-corrected chi connectivity index (χ3v) is 4.70. The third kappa shape index (κ3) is 3.26. The van der Waals surface area contributed by atoms with E-state index in [4.69, 9.17) is 9.47 Å². The Morgan fingerprint density at radius 3 is 2.68 bits per heavy atom. The highest BCUT2D eigenvalue weighted by molar-refractivity contribution is 5.77. The van der Waals surface area contributed by atoms with Crippen molar-refractivity contribution in [3.63, 3.8) is 0 Å². The topological polar surface area (TPSA) is 61.5 Å². The molecule has 1 aromatic carbocycles. The van der Waals surface area contributed by atoms with Crippen molar-refractivity contribution < 1.29 is 13.9 Å². The van der Waals surface area contributed by atoms with Gasteiger partial charge in [-0.2, -0.15) is 0 Å². The lowest BCUT2D eigenvalue weighted by Gasteiger charge is -2.11. The van der Waals surface area contributed by atoms with Crippen molar-refractivity contribution in [1.82, 2.24) is 19.6 Å². The number of fused-ring (bicyclic) bond motifs is 1. The quantitative estimate of drug-likeness (QED) is 0.512. The van der Waals surface area contributed by atoms with Crippen molar-refractivity contribution in [1.29, 1.82) is 0 Å². The van der Waals surface area contributed by atoms with Gasteiger partial charge in [-0.05, 0) is 42.7 Å². The molecule has 0 N–H and O–H groups in total. The number of methoxy groups -OCH3 is 2. The summed E-state index contributed by atoms with van der Waals surface area (Å²) in [6, 6.07) is 13.3. The Labute approximate surface area is 161 Å². The highest BCUT2D eigenvalue weighted by atomic mass is 19.1. The Kier molecular flexibility index (Phi) is 4.89. The molecule has 28 heavy (non-hydrogen) atoms. The summed E-state index contributed by atoms with van der Waals surface area (Å²) in [4.78, 5) is 4.01. The molecule has 0 spiro atoms. The monoisotopic (exact) mass is 378 g/mol. The van der Waals surface area contributed by atoms with Crippen molar-refractivity contribution >= 4 is 5.65 Å². The summed E-state index contributed by atoms with van der Waals surface area (Å²) >= 11 is 0. The fraction of sp³-hybridized carbons (Fsp3) is 0.190. The van der Waals surface area contributed by atoms with E-state index >= 15 is 0 Å². The fourth-order valence-electron chi connectivity index (χ4n) is 3.29. The minimum Gasteiger partial charge on any atom is -0.496 e. The van der Waals surface area contributed by atoms with Gasteiger partial charge in [0.2, 0.25) is 5.88 Å². The van der Waals surface area contributed by atoms with E-state index in [1.165, 1.54) is 13.2 Å². The minimum absolute atomic E-state index is 0.0327. The summed E-state index contributed by atoms with van der Waals surface area (Å²) in [6.07, 6.45) is 4.84. The number of para-hydroxylation sites is 1. The van der Waals surface area contributed by atoms with Gasteiger partial charge in [-0.1, -0.05) is 18.2 Å². The summed E-state index contributed by atoms with van der Waals surface area (Å²) in [5.74, 6) is 0.325. The molecule has 3 aromatic heterocycles. The zero-order chi connectivity index (χ0) is 19.5. The molecule has 142 valence electrons. The van der Waals surface area contributed by atoms with E-state index in [-0.39, 0.29) is 5.88 Å². The van der Waals surface area contributed by atoms with Crippen molar-refractivity contribution in [2.75, 3.05) is 14.2 Å². The lowest BCUT2D eigenvalue weighted by atomic mass is 10.0. The molecule has 6 nitrogen and oxygen atoms in total. The number of pyridine rings is 2. The van der Waals surface area contributed by atoms with E-state index in [0.717, 1.165) is 35.4 Å². The number of rotatable bonds is 6. The van der Waals surface area contributed by atoms with Gasteiger partial charge in [0.05, 0.1) is 14.2 Å². The van der Waals surface area contributed by atoms with Crippen LogP contribution in [0.5, 0.6) is 11.6 Å². The van der Waals surface area contributed by atoms with E-state index in [0.29, 0.717) is 11.2 Å². The van der Waals surface area contributed by atoms with Gasteiger partial charge in [-0.25, -0.2) is 9.37 Å². The van der Waals surface area contributed by atoms with Crippen LogP contribution in [-0.2, 0) is 12.8 Å². The van der Waals surface area contributed by atoms with Crippen LogP contribution in [0.4, 0.5) is 4.39 Å². The number of ether oxygens (including phenoxy) is 2. The van der Waals surface area contributed by atoms with Crippen LogP contribution in [0.1, 0.15) is 11.3 Å². The second-order valence-corrected chi connectivity index (χ2v) is 6.29. The number of halogens is 1. The average Bonchev–Trinajstić information content (AvgIpc) is 3.22. The molecule has 4 rings (SSSR count). The third-order valence-electron chi connectivity index (χ3n) is 4.70. The van der Waals surface area contributed by atoms with Crippen LogP contribution < -0.4 is 9.47 Å². The second kappa shape index (κ2) is 7.64. The van der Waals surface area contributed by atoms with Crippen LogP contribution in [-0.4, -0.2) is 33.8 Å². The van der Waals surface area contributed by atoms with Gasteiger partial charge < -0.3 is 9.47 Å². The Balaban J connectivity index is 1.67. The predicted molar refractivity (Wildman–Crippen MR) is 103 cm³/mol. The van der Waals surface area contributed by atoms with Crippen LogP contribution >= 0.6 is 0 Å². The first-order valence-corrected chi connectivity index (χ1v) is 8.84. The molecule has 7 heteroatoms.